The molecule has 2 heterocycles. The first kappa shape index (κ1) is 14.1. The van der Waals surface area contributed by atoms with Crippen LogP contribution in [-0.4, -0.2) is 25.2 Å². The molecule has 0 fully saturated rings. The fourth-order valence-corrected chi connectivity index (χ4v) is 4.27. The number of aromatic amines is 1. The van der Waals surface area contributed by atoms with Gasteiger partial charge in [-0.15, -0.1) is 0 Å². The Hall–Kier alpha value is -1.86. The van der Waals surface area contributed by atoms with E-state index in [0.717, 1.165) is 11.3 Å². The summed E-state index contributed by atoms with van der Waals surface area (Å²) < 4.78 is 33.5. The topological polar surface area (TPSA) is 84.1 Å². The summed E-state index contributed by atoms with van der Waals surface area (Å²) >= 11 is 0. The fourth-order valence-electron chi connectivity index (χ4n) is 2.65. The average Bonchev–Trinajstić information content (AvgIpc) is 2.79. The van der Waals surface area contributed by atoms with Gasteiger partial charge in [-0.2, -0.15) is 5.10 Å². The lowest BCUT2D eigenvalue weighted by Crippen LogP contribution is -2.32. The molecule has 2 aromatic rings. The maximum atomic E-state index is 12.6. The van der Waals surface area contributed by atoms with Crippen LogP contribution in [0.25, 0.3) is 0 Å². The Bertz CT molecular complexity index is 748. The van der Waals surface area contributed by atoms with Crippen molar-refractivity contribution in [1.82, 2.24) is 14.9 Å². The minimum absolute atomic E-state index is 0.228. The fraction of sp³-hybridized carbons (Fsp3) is 0.357. The van der Waals surface area contributed by atoms with Crippen LogP contribution < -0.4 is 9.46 Å². The number of benzene rings is 1. The van der Waals surface area contributed by atoms with Crippen molar-refractivity contribution in [3.8, 4) is 5.75 Å². The summed E-state index contributed by atoms with van der Waals surface area (Å²) in [7, 11) is -3.62. The van der Waals surface area contributed by atoms with E-state index in [1.165, 1.54) is 0 Å². The van der Waals surface area contributed by atoms with Crippen molar-refractivity contribution in [1.29, 1.82) is 0 Å². The number of aromatic nitrogens is 2. The molecule has 0 aliphatic carbocycles. The molecule has 0 bridgehead atoms. The van der Waals surface area contributed by atoms with Crippen molar-refractivity contribution in [3.05, 3.63) is 41.2 Å². The number of rotatable bonds is 3. The monoisotopic (exact) mass is 307 g/mol. The van der Waals surface area contributed by atoms with Gasteiger partial charge in [0.05, 0.1) is 24.0 Å². The molecule has 0 unspecified atom stereocenters. The lowest BCUT2D eigenvalue weighted by Gasteiger charge is -2.26. The Labute approximate surface area is 123 Å². The van der Waals surface area contributed by atoms with Gasteiger partial charge in [-0.1, -0.05) is 18.2 Å². The second kappa shape index (κ2) is 5.16. The minimum atomic E-state index is -3.62. The molecule has 0 spiro atoms. The summed E-state index contributed by atoms with van der Waals surface area (Å²) in [6.07, 6.45) is 0.603. The van der Waals surface area contributed by atoms with Gasteiger partial charge < -0.3 is 4.74 Å². The average molecular weight is 307 g/mol. The van der Waals surface area contributed by atoms with Gasteiger partial charge in [0.15, 0.2) is 0 Å². The first-order valence-electron chi connectivity index (χ1n) is 6.74. The van der Waals surface area contributed by atoms with Gasteiger partial charge in [-0.25, -0.2) is 13.1 Å². The zero-order valence-electron chi connectivity index (χ0n) is 11.9. The van der Waals surface area contributed by atoms with Crippen LogP contribution in [0.5, 0.6) is 5.75 Å². The largest absolute Gasteiger partial charge is 0.493 e. The second-order valence-corrected chi connectivity index (χ2v) is 6.76. The van der Waals surface area contributed by atoms with E-state index in [-0.39, 0.29) is 10.9 Å². The van der Waals surface area contributed by atoms with Crippen LogP contribution >= 0.6 is 0 Å². The number of nitrogens with one attached hydrogen (secondary N) is 2. The number of hydrogen-bond donors (Lipinski definition) is 2. The number of para-hydroxylation sites is 1. The third kappa shape index (κ3) is 2.54. The molecule has 1 aromatic heterocycles. The summed E-state index contributed by atoms with van der Waals surface area (Å²) in [6, 6.07) is 7.21. The number of ether oxygens (including phenoxy) is 1. The van der Waals surface area contributed by atoms with E-state index in [2.05, 4.69) is 14.9 Å². The van der Waals surface area contributed by atoms with E-state index >= 15 is 0 Å². The molecule has 2 N–H and O–H groups in total. The highest BCUT2D eigenvalue weighted by Crippen LogP contribution is 2.33. The first-order valence-corrected chi connectivity index (χ1v) is 8.23. The van der Waals surface area contributed by atoms with Crippen LogP contribution in [0.15, 0.2) is 29.2 Å². The van der Waals surface area contributed by atoms with Gasteiger partial charge >= 0.3 is 0 Å². The molecule has 6 nitrogen and oxygen atoms in total. The Morgan fingerprint density at radius 2 is 2.10 bits per heavy atom. The molecule has 1 aliphatic rings. The zero-order valence-corrected chi connectivity index (χ0v) is 12.7. The van der Waals surface area contributed by atoms with E-state index in [1.54, 1.807) is 13.8 Å². The van der Waals surface area contributed by atoms with E-state index in [9.17, 15) is 8.42 Å². The molecule has 0 amide bonds. The van der Waals surface area contributed by atoms with Gasteiger partial charge in [0.1, 0.15) is 10.6 Å². The Morgan fingerprint density at radius 3 is 2.81 bits per heavy atom. The molecule has 3 rings (SSSR count). The molecule has 1 aliphatic heterocycles. The van der Waals surface area contributed by atoms with Crippen molar-refractivity contribution in [2.45, 2.75) is 31.2 Å². The highest BCUT2D eigenvalue weighted by molar-refractivity contribution is 7.89. The number of fused-ring (bicyclic) bond motifs is 1. The molecular weight excluding hydrogens is 290 g/mol. The molecule has 0 radical (unpaired) electrons. The zero-order chi connectivity index (χ0) is 15.0. The number of H-pyrrole nitrogens is 1. The third-order valence-electron chi connectivity index (χ3n) is 3.59. The van der Waals surface area contributed by atoms with Crippen LogP contribution in [0.1, 0.15) is 29.4 Å². The molecule has 0 saturated heterocycles. The number of hydrogen-bond acceptors (Lipinski definition) is 4. The molecule has 1 atom stereocenters. The van der Waals surface area contributed by atoms with Crippen LogP contribution in [0.2, 0.25) is 0 Å². The van der Waals surface area contributed by atoms with E-state index < -0.39 is 10.0 Å². The van der Waals surface area contributed by atoms with Gasteiger partial charge in [-0.05, 0) is 19.9 Å². The molecule has 21 heavy (non-hydrogen) atoms. The van der Waals surface area contributed by atoms with Crippen molar-refractivity contribution >= 4 is 10.0 Å². The molecule has 1 aromatic carbocycles. The molecule has 7 heteroatoms. The SMILES string of the molecule is Cc1n[nH]c(C)c1S(=O)(=O)N[C@@H]1CCOc2ccccc21. The summed E-state index contributed by atoms with van der Waals surface area (Å²) in [4.78, 5) is 0.228. The summed E-state index contributed by atoms with van der Waals surface area (Å²) in [6.45, 7) is 3.87. The van der Waals surface area contributed by atoms with E-state index in [0.29, 0.717) is 24.4 Å². The lowest BCUT2D eigenvalue weighted by atomic mass is 10.0. The summed E-state index contributed by atoms with van der Waals surface area (Å²) in [5.41, 5.74) is 1.88. The van der Waals surface area contributed by atoms with Crippen molar-refractivity contribution in [2.75, 3.05) is 6.61 Å². The first-order chi connectivity index (χ1) is 9.99. The highest BCUT2D eigenvalue weighted by atomic mass is 32.2. The quantitative estimate of drug-likeness (QED) is 0.906. The predicted octanol–water partition coefficient (Wildman–Crippen LogP) is 1.83. The van der Waals surface area contributed by atoms with Gasteiger partial charge in [0, 0.05) is 12.0 Å². The van der Waals surface area contributed by atoms with E-state index in [1.807, 2.05) is 24.3 Å². The van der Waals surface area contributed by atoms with Crippen LogP contribution in [-0.2, 0) is 10.0 Å². The Balaban J connectivity index is 1.94. The van der Waals surface area contributed by atoms with Gasteiger partial charge in [0.25, 0.3) is 0 Å². The Kier molecular flexibility index (Phi) is 3.46. The van der Waals surface area contributed by atoms with Gasteiger partial charge in [0.2, 0.25) is 10.0 Å². The van der Waals surface area contributed by atoms with Crippen molar-refractivity contribution in [3.63, 3.8) is 0 Å². The lowest BCUT2D eigenvalue weighted by molar-refractivity contribution is 0.263. The van der Waals surface area contributed by atoms with Gasteiger partial charge in [-0.3, -0.25) is 5.10 Å². The van der Waals surface area contributed by atoms with Crippen LogP contribution in [0.3, 0.4) is 0 Å². The van der Waals surface area contributed by atoms with Crippen molar-refractivity contribution < 1.29 is 13.2 Å². The normalized spacial score (nSPS) is 18.1. The van der Waals surface area contributed by atoms with E-state index in [4.69, 9.17) is 4.74 Å². The molecule has 112 valence electrons. The molecule has 0 saturated carbocycles. The third-order valence-corrected chi connectivity index (χ3v) is 5.32. The predicted molar refractivity (Wildman–Crippen MR) is 77.7 cm³/mol. The maximum absolute atomic E-state index is 12.6. The number of aryl methyl sites for hydroxylation is 2. The molecular formula is C14H17N3O3S. The number of nitrogens with zero attached hydrogens (tertiary/aromatic N) is 1. The Morgan fingerprint density at radius 1 is 1.33 bits per heavy atom. The van der Waals surface area contributed by atoms with Crippen LogP contribution in [0.4, 0.5) is 0 Å². The summed E-state index contributed by atoms with van der Waals surface area (Å²) in [5.74, 6) is 0.733. The van der Waals surface area contributed by atoms with Crippen molar-refractivity contribution in [2.24, 2.45) is 0 Å². The number of sulfonamides is 1. The van der Waals surface area contributed by atoms with Crippen LogP contribution in [0, 0.1) is 13.8 Å². The standard InChI is InChI=1S/C14H17N3O3S/c1-9-14(10(2)16-15-9)21(18,19)17-12-7-8-20-13-6-4-3-5-11(12)13/h3-6,12,17H,7-8H2,1-2H3,(H,15,16)/t12-/m1/s1. The smallest absolute Gasteiger partial charge is 0.244 e. The minimum Gasteiger partial charge on any atom is -0.493 e. The summed E-state index contributed by atoms with van der Waals surface area (Å²) in [5, 5.41) is 6.66. The highest BCUT2D eigenvalue weighted by Gasteiger charge is 2.29. The second-order valence-electron chi connectivity index (χ2n) is 5.11. The maximum Gasteiger partial charge on any atom is 0.244 e.